The molecule has 1 fully saturated rings. The number of carbonyl (C=O) groups is 1. The zero-order chi connectivity index (χ0) is 20.3. The van der Waals surface area contributed by atoms with Gasteiger partial charge in [-0.2, -0.15) is 5.26 Å². The zero-order valence-electron chi connectivity index (χ0n) is 16.1. The molecule has 6 heteroatoms. The van der Waals surface area contributed by atoms with E-state index in [1.54, 1.807) is 18.2 Å². The summed E-state index contributed by atoms with van der Waals surface area (Å²) in [6.45, 7) is 3.93. The number of nitriles is 1. The highest BCUT2D eigenvalue weighted by Crippen LogP contribution is 2.28. The van der Waals surface area contributed by atoms with Gasteiger partial charge in [-0.15, -0.1) is 0 Å². The van der Waals surface area contributed by atoms with Gasteiger partial charge in [0.2, 0.25) is 0 Å². The van der Waals surface area contributed by atoms with Crippen LogP contribution in [0.25, 0.3) is 11.8 Å². The number of hydrogen-bond acceptors (Lipinski definition) is 2. The number of benzene rings is 1. The number of halogens is 2. The first-order chi connectivity index (χ1) is 13.4. The smallest absolute Gasteiger partial charge is 0.262 e. The maximum absolute atomic E-state index is 12.6. The maximum Gasteiger partial charge on any atom is 0.262 e. The Kier molecular flexibility index (Phi) is 6.49. The Balaban J connectivity index is 1.89. The van der Waals surface area contributed by atoms with Crippen LogP contribution in [0.2, 0.25) is 10.0 Å². The van der Waals surface area contributed by atoms with Crippen LogP contribution in [-0.4, -0.2) is 16.5 Å². The van der Waals surface area contributed by atoms with Gasteiger partial charge in [0.1, 0.15) is 11.6 Å². The van der Waals surface area contributed by atoms with Crippen molar-refractivity contribution in [3.63, 3.8) is 0 Å². The molecule has 0 radical (unpaired) electrons. The molecule has 1 N–H and O–H groups in total. The Hall–Kier alpha value is -2.22. The van der Waals surface area contributed by atoms with Crippen molar-refractivity contribution in [2.24, 2.45) is 0 Å². The highest BCUT2D eigenvalue weighted by molar-refractivity contribution is 6.42. The molecule has 1 saturated carbocycles. The molecule has 2 aromatic rings. The molecular formula is C22H23Cl2N3O. The Morgan fingerprint density at radius 1 is 1.18 bits per heavy atom. The SMILES string of the molecule is Cc1cc(/C=C(/C#N)C(=O)NC2CCCCC2)c(C)n1-c1ccc(Cl)c(Cl)c1. The van der Waals surface area contributed by atoms with Gasteiger partial charge in [-0.3, -0.25) is 4.79 Å². The normalized spacial score (nSPS) is 15.3. The Morgan fingerprint density at radius 2 is 1.89 bits per heavy atom. The van der Waals surface area contributed by atoms with Crippen LogP contribution in [0, 0.1) is 25.2 Å². The van der Waals surface area contributed by atoms with E-state index in [1.165, 1.54) is 6.42 Å². The fourth-order valence-corrected chi connectivity index (χ4v) is 4.06. The first-order valence-electron chi connectivity index (χ1n) is 9.47. The van der Waals surface area contributed by atoms with E-state index in [1.807, 2.05) is 30.5 Å². The van der Waals surface area contributed by atoms with E-state index in [4.69, 9.17) is 23.2 Å². The second kappa shape index (κ2) is 8.86. The molecule has 1 amide bonds. The van der Waals surface area contributed by atoms with E-state index < -0.39 is 0 Å². The summed E-state index contributed by atoms with van der Waals surface area (Å²) in [5.74, 6) is -0.297. The molecule has 0 unspecified atom stereocenters. The standard InChI is InChI=1S/C22H23Cl2N3O/c1-14-10-16(15(2)27(14)19-8-9-20(23)21(24)12-19)11-17(13-25)22(28)26-18-6-4-3-5-7-18/h8-12,18H,3-7H2,1-2H3,(H,26,28)/b17-11-. The van der Waals surface area contributed by atoms with E-state index >= 15 is 0 Å². The lowest BCUT2D eigenvalue weighted by molar-refractivity contribution is -0.117. The molecule has 0 spiro atoms. The Bertz CT molecular complexity index is 963. The molecule has 3 rings (SSSR count). The van der Waals surface area contributed by atoms with Crippen LogP contribution in [0.15, 0.2) is 29.8 Å². The summed E-state index contributed by atoms with van der Waals surface area (Å²) in [5.41, 5.74) is 3.74. The minimum absolute atomic E-state index is 0.125. The summed E-state index contributed by atoms with van der Waals surface area (Å²) >= 11 is 12.2. The molecule has 1 aliphatic rings. The van der Waals surface area contributed by atoms with Crippen LogP contribution in [0.4, 0.5) is 0 Å². The molecule has 0 atom stereocenters. The van der Waals surface area contributed by atoms with Crippen LogP contribution < -0.4 is 5.32 Å². The molecule has 0 bridgehead atoms. The predicted octanol–water partition coefficient (Wildman–Crippen LogP) is 5.76. The van der Waals surface area contributed by atoms with Crippen LogP contribution in [0.1, 0.15) is 49.1 Å². The van der Waals surface area contributed by atoms with Crippen LogP contribution in [-0.2, 0) is 4.79 Å². The lowest BCUT2D eigenvalue weighted by atomic mass is 9.95. The van der Waals surface area contributed by atoms with Gasteiger partial charge in [0.05, 0.1) is 10.0 Å². The first kappa shape index (κ1) is 20.5. The van der Waals surface area contributed by atoms with Gasteiger partial charge in [-0.05, 0) is 62.6 Å². The van der Waals surface area contributed by atoms with Crippen molar-refractivity contribution in [3.8, 4) is 11.8 Å². The number of aryl methyl sites for hydroxylation is 1. The van der Waals surface area contributed by atoms with Crippen molar-refractivity contribution >= 4 is 35.2 Å². The van der Waals surface area contributed by atoms with Gasteiger partial charge >= 0.3 is 0 Å². The number of nitrogens with one attached hydrogen (secondary N) is 1. The molecule has 1 aromatic carbocycles. The summed E-state index contributed by atoms with van der Waals surface area (Å²) in [4.78, 5) is 12.6. The number of hydrogen-bond donors (Lipinski definition) is 1. The lowest BCUT2D eigenvalue weighted by Gasteiger charge is -2.22. The topological polar surface area (TPSA) is 57.8 Å². The minimum atomic E-state index is -0.297. The third kappa shape index (κ3) is 4.43. The number of carbonyl (C=O) groups excluding carboxylic acids is 1. The molecule has 0 saturated heterocycles. The fourth-order valence-electron chi connectivity index (χ4n) is 3.77. The number of aromatic nitrogens is 1. The zero-order valence-corrected chi connectivity index (χ0v) is 17.6. The molecule has 146 valence electrons. The third-order valence-corrected chi connectivity index (χ3v) is 5.98. The number of nitrogens with zero attached hydrogens (tertiary/aromatic N) is 2. The summed E-state index contributed by atoms with van der Waals surface area (Å²) in [6, 6.07) is 9.63. The van der Waals surface area contributed by atoms with Crippen LogP contribution in [0.5, 0.6) is 0 Å². The maximum atomic E-state index is 12.6. The van der Waals surface area contributed by atoms with E-state index in [9.17, 15) is 10.1 Å². The van der Waals surface area contributed by atoms with Crippen molar-refractivity contribution in [2.45, 2.75) is 52.0 Å². The van der Waals surface area contributed by atoms with Gasteiger partial charge < -0.3 is 9.88 Å². The number of rotatable bonds is 4. The van der Waals surface area contributed by atoms with E-state index in [-0.39, 0.29) is 17.5 Å². The van der Waals surface area contributed by atoms with Crippen molar-refractivity contribution in [2.75, 3.05) is 0 Å². The predicted molar refractivity (Wildman–Crippen MR) is 114 cm³/mol. The van der Waals surface area contributed by atoms with E-state index in [0.717, 1.165) is 48.3 Å². The molecule has 1 aromatic heterocycles. The average molecular weight is 416 g/mol. The van der Waals surface area contributed by atoms with Gasteiger partial charge in [0.25, 0.3) is 5.91 Å². The quantitative estimate of drug-likeness (QED) is 0.509. The van der Waals surface area contributed by atoms with Crippen molar-refractivity contribution in [3.05, 3.63) is 56.8 Å². The van der Waals surface area contributed by atoms with Gasteiger partial charge in [0.15, 0.2) is 0 Å². The molecule has 4 nitrogen and oxygen atoms in total. The molecule has 0 aliphatic heterocycles. The van der Waals surface area contributed by atoms with Crippen molar-refractivity contribution < 1.29 is 4.79 Å². The van der Waals surface area contributed by atoms with Crippen LogP contribution in [0.3, 0.4) is 0 Å². The van der Waals surface area contributed by atoms with Crippen molar-refractivity contribution in [1.82, 2.24) is 9.88 Å². The van der Waals surface area contributed by atoms with Gasteiger partial charge in [-0.1, -0.05) is 42.5 Å². The number of amides is 1. The third-order valence-electron chi connectivity index (χ3n) is 5.24. The summed E-state index contributed by atoms with van der Waals surface area (Å²) in [7, 11) is 0. The summed E-state index contributed by atoms with van der Waals surface area (Å²) < 4.78 is 2.03. The largest absolute Gasteiger partial charge is 0.349 e. The average Bonchev–Trinajstić information content (AvgIpc) is 2.96. The summed E-state index contributed by atoms with van der Waals surface area (Å²) in [5, 5.41) is 13.5. The molecule has 1 heterocycles. The highest BCUT2D eigenvalue weighted by atomic mass is 35.5. The molecular weight excluding hydrogens is 393 g/mol. The van der Waals surface area contributed by atoms with E-state index in [0.29, 0.717) is 10.0 Å². The van der Waals surface area contributed by atoms with E-state index in [2.05, 4.69) is 11.4 Å². The fraction of sp³-hybridized carbons (Fsp3) is 0.364. The second-order valence-corrected chi connectivity index (χ2v) is 8.05. The first-order valence-corrected chi connectivity index (χ1v) is 10.2. The molecule has 1 aliphatic carbocycles. The highest BCUT2D eigenvalue weighted by Gasteiger charge is 2.19. The second-order valence-electron chi connectivity index (χ2n) is 7.24. The summed E-state index contributed by atoms with van der Waals surface area (Å²) in [6.07, 6.45) is 7.10. The molecule has 28 heavy (non-hydrogen) atoms. The Morgan fingerprint density at radius 3 is 2.54 bits per heavy atom. The van der Waals surface area contributed by atoms with Crippen LogP contribution >= 0.6 is 23.2 Å². The minimum Gasteiger partial charge on any atom is -0.349 e. The van der Waals surface area contributed by atoms with Crippen molar-refractivity contribution in [1.29, 1.82) is 5.26 Å². The van der Waals surface area contributed by atoms with Gasteiger partial charge in [0, 0.05) is 23.1 Å². The lowest BCUT2D eigenvalue weighted by Crippen LogP contribution is -2.36. The Labute approximate surface area is 175 Å². The monoisotopic (exact) mass is 415 g/mol. The van der Waals surface area contributed by atoms with Gasteiger partial charge in [-0.25, -0.2) is 0 Å².